The van der Waals surface area contributed by atoms with Crippen LogP contribution >= 0.6 is 9.39 Å². The van der Waals surface area contributed by atoms with Gasteiger partial charge in [-0.1, -0.05) is 16.3 Å². The molecule has 0 N–H and O–H groups in total. The highest BCUT2D eigenvalue weighted by molar-refractivity contribution is 7.13. The third-order valence-corrected chi connectivity index (χ3v) is 2.20. The molecular weight excluding hydrogens is 185 g/mol. The molecule has 0 saturated heterocycles. The lowest BCUT2D eigenvalue weighted by Gasteiger charge is -2.15. The monoisotopic (exact) mass is 205 g/mol. The van der Waals surface area contributed by atoms with Crippen LogP contribution in [-0.2, 0) is 9.53 Å². The van der Waals surface area contributed by atoms with E-state index in [1.807, 2.05) is 25.6 Å². The summed E-state index contributed by atoms with van der Waals surface area (Å²) in [4.78, 5) is 11.3. The van der Waals surface area contributed by atoms with E-state index >= 15 is 0 Å². The molecule has 0 aromatic heterocycles. The minimum absolute atomic E-state index is 0.0583. The molecule has 13 heavy (non-hydrogen) atoms. The molecule has 0 aromatic rings. The molecule has 0 aromatic carbocycles. The lowest BCUT2D eigenvalue weighted by Crippen LogP contribution is -2.21. The Kier molecular flexibility index (Phi) is 7.20. The molecule has 3 nitrogen and oxygen atoms in total. The molecule has 2 atom stereocenters. The SMILES string of the molecule is CCOC(=O)C(CC)CCN(C)P. The number of carbonyl (C=O) groups excluding carboxylic acids is 1. The Bertz CT molecular complexity index is 151. The maximum atomic E-state index is 11.3. The lowest BCUT2D eigenvalue weighted by atomic mass is 10.0. The Hall–Kier alpha value is -0.140. The van der Waals surface area contributed by atoms with Gasteiger partial charge in [-0.15, -0.1) is 0 Å². The maximum absolute atomic E-state index is 11.3. The van der Waals surface area contributed by atoms with Crippen molar-refractivity contribution in [1.82, 2.24) is 4.67 Å². The lowest BCUT2D eigenvalue weighted by molar-refractivity contribution is -0.148. The van der Waals surface area contributed by atoms with Gasteiger partial charge < -0.3 is 4.74 Å². The number of hydrogen-bond donors (Lipinski definition) is 0. The van der Waals surface area contributed by atoms with E-state index in [1.54, 1.807) is 0 Å². The predicted molar refractivity (Wildman–Crippen MR) is 57.4 cm³/mol. The highest BCUT2D eigenvalue weighted by Gasteiger charge is 2.17. The molecular formula is C9H20NO2P. The van der Waals surface area contributed by atoms with Crippen molar-refractivity contribution in [2.24, 2.45) is 5.92 Å². The minimum atomic E-state index is -0.0585. The van der Waals surface area contributed by atoms with Gasteiger partial charge in [0.2, 0.25) is 0 Å². The van der Waals surface area contributed by atoms with Gasteiger partial charge in [0, 0.05) is 6.54 Å². The normalized spacial score (nSPS) is 13.0. The number of nitrogens with zero attached hydrogens (tertiary/aromatic N) is 1. The maximum Gasteiger partial charge on any atom is 0.308 e. The smallest absolute Gasteiger partial charge is 0.308 e. The fraction of sp³-hybridized carbons (Fsp3) is 0.889. The number of hydrogen-bond acceptors (Lipinski definition) is 3. The van der Waals surface area contributed by atoms with Gasteiger partial charge in [0.25, 0.3) is 0 Å². The molecule has 2 unspecified atom stereocenters. The van der Waals surface area contributed by atoms with Gasteiger partial charge in [0.05, 0.1) is 12.5 Å². The predicted octanol–water partition coefficient (Wildman–Crippen LogP) is 1.69. The van der Waals surface area contributed by atoms with Crippen molar-refractivity contribution in [3.63, 3.8) is 0 Å². The zero-order valence-electron chi connectivity index (χ0n) is 8.75. The van der Waals surface area contributed by atoms with Crippen LogP contribution < -0.4 is 0 Å². The van der Waals surface area contributed by atoms with E-state index in [4.69, 9.17) is 4.74 Å². The van der Waals surface area contributed by atoms with Crippen molar-refractivity contribution >= 4 is 15.4 Å². The fourth-order valence-corrected chi connectivity index (χ4v) is 1.26. The van der Waals surface area contributed by atoms with Gasteiger partial charge >= 0.3 is 5.97 Å². The third kappa shape index (κ3) is 6.00. The second-order valence-electron chi connectivity index (χ2n) is 3.13. The van der Waals surface area contributed by atoms with Crippen LogP contribution in [0.25, 0.3) is 0 Å². The van der Waals surface area contributed by atoms with Crippen LogP contribution in [0, 0.1) is 5.92 Å². The Balaban J connectivity index is 3.80. The summed E-state index contributed by atoms with van der Waals surface area (Å²) in [5.41, 5.74) is 0. The molecule has 0 aliphatic heterocycles. The van der Waals surface area contributed by atoms with Crippen LogP contribution in [-0.4, -0.2) is 30.8 Å². The van der Waals surface area contributed by atoms with Gasteiger partial charge in [0.1, 0.15) is 0 Å². The van der Waals surface area contributed by atoms with E-state index in [0.717, 1.165) is 19.4 Å². The summed E-state index contributed by atoms with van der Waals surface area (Å²) in [5, 5.41) is 0. The van der Waals surface area contributed by atoms with Crippen LogP contribution in [0.1, 0.15) is 26.7 Å². The third-order valence-electron chi connectivity index (χ3n) is 1.94. The molecule has 78 valence electrons. The van der Waals surface area contributed by atoms with Crippen molar-refractivity contribution in [3.8, 4) is 0 Å². The number of rotatable bonds is 6. The summed E-state index contributed by atoms with van der Waals surface area (Å²) in [7, 11) is 4.56. The topological polar surface area (TPSA) is 29.5 Å². The second kappa shape index (κ2) is 7.28. The first kappa shape index (κ1) is 12.9. The van der Waals surface area contributed by atoms with Crippen molar-refractivity contribution < 1.29 is 9.53 Å². The molecule has 0 spiro atoms. The summed E-state index contributed by atoms with van der Waals surface area (Å²) in [6, 6.07) is 0. The van der Waals surface area contributed by atoms with Gasteiger partial charge in [-0.05, 0) is 26.8 Å². The summed E-state index contributed by atoms with van der Waals surface area (Å²) < 4.78 is 6.96. The molecule has 0 fully saturated rings. The van der Waals surface area contributed by atoms with E-state index in [9.17, 15) is 4.79 Å². The van der Waals surface area contributed by atoms with Crippen LogP contribution in [0.3, 0.4) is 0 Å². The van der Waals surface area contributed by atoms with E-state index in [2.05, 4.69) is 9.39 Å². The zero-order valence-corrected chi connectivity index (χ0v) is 9.90. The van der Waals surface area contributed by atoms with Crippen LogP contribution in [0.15, 0.2) is 0 Å². The average molecular weight is 205 g/mol. The van der Waals surface area contributed by atoms with Crippen molar-refractivity contribution in [2.45, 2.75) is 26.7 Å². The van der Waals surface area contributed by atoms with Crippen molar-refractivity contribution in [1.29, 1.82) is 0 Å². The van der Waals surface area contributed by atoms with Gasteiger partial charge in [-0.3, -0.25) is 9.46 Å². The molecule has 0 heterocycles. The molecule has 0 aliphatic rings. The van der Waals surface area contributed by atoms with Crippen molar-refractivity contribution in [2.75, 3.05) is 20.2 Å². The first-order chi connectivity index (χ1) is 6.11. The standard InChI is InChI=1S/C9H20NO2P/c1-4-8(6-7-10(3)13)9(11)12-5-2/h8H,4-7,13H2,1-3H3. The first-order valence-corrected chi connectivity index (χ1v) is 5.25. The van der Waals surface area contributed by atoms with Gasteiger partial charge in [0.15, 0.2) is 0 Å². The van der Waals surface area contributed by atoms with Crippen LogP contribution in [0.5, 0.6) is 0 Å². The highest BCUT2D eigenvalue weighted by atomic mass is 31.0. The fourth-order valence-electron chi connectivity index (χ4n) is 1.11. The summed E-state index contributed by atoms with van der Waals surface area (Å²) in [6.45, 7) is 5.24. The largest absolute Gasteiger partial charge is 0.466 e. The Labute approximate surface area is 83.1 Å². The molecule has 0 saturated carbocycles. The summed E-state index contributed by atoms with van der Waals surface area (Å²) >= 11 is 0. The van der Waals surface area contributed by atoms with Gasteiger partial charge in [-0.25, -0.2) is 0 Å². The Morgan fingerprint density at radius 2 is 2.15 bits per heavy atom. The number of carbonyl (C=O) groups is 1. The van der Waals surface area contributed by atoms with E-state index < -0.39 is 0 Å². The molecule has 0 bridgehead atoms. The average Bonchev–Trinajstić information content (AvgIpc) is 2.05. The van der Waals surface area contributed by atoms with Gasteiger partial charge in [-0.2, -0.15) is 0 Å². The number of esters is 1. The zero-order chi connectivity index (χ0) is 10.3. The Morgan fingerprint density at radius 3 is 2.54 bits per heavy atom. The van der Waals surface area contributed by atoms with E-state index in [0.29, 0.717) is 6.61 Å². The molecule has 0 rings (SSSR count). The Morgan fingerprint density at radius 1 is 1.54 bits per heavy atom. The van der Waals surface area contributed by atoms with E-state index in [1.165, 1.54) is 0 Å². The second-order valence-corrected chi connectivity index (χ2v) is 4.01. The highest BCUT2D eigenvalue weighted by Crippen LogP contribution is 2.12. The first-order valence-electron chi connectivity index (χ1n) is 4.74. The molecule has 0 amide bonds. The van der Waals surface area contributed by atoms with Crippen LogP contribution in [0.4, 0.5) is 0 Å². The summed E-state index contributed by atoms with van der Waals surface area (Å²) in [6.07, 6.45) is 1.73. The molecule has 4 heteroatoms. The molecule has 0 aliphatic carbocycles. The summed E-state index contributed by atoms with van der Waals surface area (Å²) in [5.74, 6) is -0.000185. The van der Waals surface area contributed by atoms with Crippen molar-refractivity contribution in [3.05, 3.63) is 0 Å². The number of ether oxygens (including phenoxy) is 1. The van der Waals surface area contributed by atoms with E-state index in [-0.39, 0.29) is 11.9 Å². The quantitative estimate of drug-likeness (QED) is 0.488. The minimum Gasteiger partial charge on any atom is -0.466 e. The molecule has 0 radical (unpaired) electrons. The van der Waals surface area contributed by atoms with Crippen LogP contribution in [0.2, 0.25) is 0 Å².